The number of piperidine rings is 1. The van der Waals surface area contributed by atoms with Crippen LogP contribution in [-0.4, -0.2) is 48.1 Å². The summed E-state index contributed by atoms with van der Waals surface area (Å²) in [6, 6.07) is 6.42. The first-order chi connectivity index (χ1) is 9.26. The van der Waals surface area contributed by atoms with Gasteiger partial charge in [0.1, 0.15) is 5.52 Å². The fraction of sp³-hybridized carbons (Fsp3) is 0.533. The van der Waals surface area contributed by atoms with Crippen molar-refractivity contribution in [1.82, 2.24) is 14.9 Å². The van der Waals surface area contributed by atoms with Gasteiger partial charge in [0.2, 0.25) is 0 Å². The molecule has 0 bridgehead atoms. The Morgan fingerprint density at radius 3 is 2.74 bits per heavy atom. The Kier molecular flexibility index (Phi) is 2.36. The number of nitrogens with one attached hydrogen (secondary N) is 1. The molecule has 1 N–H and O–H groups in total. The van der Waals surface area contributed by atoms with Crippen molar-refractivity contribution in [2.75, 3.05) is 38.1 Å². The number of H-pyrrole nitrogens is 1. The van der Waals surface area contributed by atoms with Crippen LogP contribution in [0.1, 0.15) is 12.8 Å². The lowest BCUT2D eigenvalue weighted by Crippen LogP contribution is -2.58. The highest BCUT2D eigenvalue weighted by atomic mass is 15.2. The van der Waals surface area contributed by atoms with Gasteiger partial charge in [0, 0.05) is 26.2 Å². The average Bonchev–Trinajstić information content (AvgIpc) is 2.86. The van der Waals surface area contributed by atoms with Crippen LogP contribution in [0.5, 0.6) is 0 Å². The third-order valence-electron chi connectivity index (χ3n) is 4.80. The number of aromatic nitrogens is 2. The zero-order chi connectivity index (χ0) is 12.9. The van der Waals surface area contributed by atoms with Gasteiger partial charge in [-0.1, -0.05) is 6.07 Å². The second kappa shape index (κ2) is 3.97. The summed E-state index contributed by atoms with van der Waals surface area (Å²) < 4.78 is 0. The number of hydrogen-bond acceptors (Lipinski definition) is 3. The van der Waals surface area contributed by atoms with E-state index in [2.05, 4.69) is 45.0 Å². The molecule has 0 amide bonds. The predicted molar refractivity (Wildman–Crippen MR) is 77.5 cm³/mol. The molecule has 2 aliphatic rings. The molecule has 0 atom stereocenters. The number of rotatable bonds is 1. The SMILES string of the molecule is CN1CC2(CCN(c3cccc4[nH]cnc34)CC2)C1. The van der Waals surface area contributed by atoms with Crippen LogP contribution in [0.25, 0.3) is 11.0 Å². The van der Waals surface area contributed by atoms with Gasteiger partial charge in [-0.05, 0) is 37.4 Å². The molecule has 2 aromatic rings. The zero-order valence-corrected chi connectivity index (χ0v) is 11.4. The Hall–Kier alpha value is -1.55. The molecule has 0 aliphatic carbocycles. The van der Waals surface area contributed by atoms with Gasteiger partial charge < -0.3 is 14.8 Å². The van der Waals surface area contributed by atoms with Gasteiger partial charge in [0.05, 0.1) is 17.5 Å². The van der Waals surface area contributed by atoms with Crippen molar-refractivity contribution in [2.24, 2.45) is 5.41 Å². The number of para-hydroxylation sites is 1. The van der Waals surface area contributed by atoms with E-state index >= 15 is 0 Å². The first-order valence-electron chi connectivity index (χ1n) is 7.11. The van der Waals surface area contributed by atoms with Gasteiger partial charge >= 0.3 is 0 Å². The standard InChI is InChI=1S/C15H20N4/c1-18-9-15(10-18)5-7-19(8-6-15)13-4-2-3-12-14(13)17-11-16-12/h2-4,11H,5-10H2,1H3,(H,16,17). The maximum absolute atomic E-state index is 4.47. The lowest BCUT2D eigenvalue weighted by molar-refractivity contribution is 0.00135. The zero-order valence-electron chi connectivity index (χ0n) is 11.4. The molecule has 4 heteroatoms. The van der Waals surface area contributed by atoms with Crippen LogP contribution in [0, 0.1) is 5.41 Å². The number of imidazole rings is 1. The van der Waals surface area contributed by atoms with Crippen molar-refractivity contribution in [3.05, 3.63) is 24.5 Å². The van der Waals surface area contributed by atoms with Gasteiger partial charge in [-0.2, -0.15) is 0 Å². The van der Waals surface area contributed by atoms with Crippen LogP contribution in [0.4, 0.5) is 5.69 Å². The highest BCUT2D eigenvalue weighted by Crippen LogP contribution is 2.41. The quantitative estimate of drug-likeness (QED) is 0.848. The molecule has 0 unspecified atom stereocenters. The lowest BCUT2D eigenvalue weighted by Gasteiger charge is -2.53. The first kappa shape index (κ1) is 11.3. The fourth-order valence-electron chi connectivity index (χ4n) is 3.84. The van der Waals surface area contributed by atoms with Crippen LogP contribution in [0.3, 0.4) is 0 Å². The molecule has 1 aromatic carbocycles. The topological polar surface area (TPSA) is 35.2 Å². The van der Waals surface area contributed by atoms with Crippen LogP contribution in [0.15, 0.2) is 24.5 Å². The van der Waals surface area contributed by atoms with E-state index in [4.69, 9.17) is 0 Å². The first-order valence-corrected chi connectivity index (χ1v) is 7.11. The minimum Gasteiger partial charge on any atom is -0.370 e. The molecule has 2 fully saturated rings. The normalized spacial score (nSPS) is 22.9. The van der Waals surface area contributed by atoms with Gasteiger partial charge in [0.15, 0.2) is 0 Å². The summed E-state index contributed by atoms with van der Waals surface area (Å²) in [5.74, 6) is 0. The Bertz CT molecular complexity index is 587. The number of aromatic amines is 1. The molecule has 2 aliphatic heterocycles. The number of hydrogen-bond donors (Lipinski definition) is 1. The molecule has 100 valence electrons. The molecule has 2 saturated heterocycles. The molecular weight excluding hydrogens is 236 g/mol. The summed E-state index contributed by atoms with van der Waals surface area (Å²) in [7, 11) is 2.22. The van der Waals surface area contributed by atoms with Crippen LogP contribution in [0.2, 0.25) is 0 Å². The van der Waals surface area contributed by atoms with E-state index in [9.17, 15) is 0 Å². The van der Waals surface area contributed by atoms with E-state index in [0.717, 1.165) is 11.0 Å². The van der Waals surface area contributed by atoms with E-state index < -0.39 is 0 Å². The second-order valence-corrected chi connectivity index (χ2v) is 6.24. The molecular formula is C15H20N4. The van der Waals surface area contributed by atoms with Crippen molar-refractivity contribution in [3.8, 4) is 0 Å². The highest BCUT2D eigenvalue weighted by molar-refractivity contribution is 5.88. The van der Waals surface area contributed by atoms with Gasteiger partial charge in [0.25, 0.3) is 0 Å². The number of likely N-dealkylation sites (tertiary alicyclic amines) is 1. The molecule has 1 spiro atoms. The summed E-state index contributed by atoms with van der Waals surface area (Å²) >= 11 is 0. The van der Waals surface area contributed by atoms with Gasteiger partial charge in [-0.3, -0.25) is 0 Å². The molecule has 0 radical (unpaired) electrons. The number of fused-ring (bicyclic) bond motifs is 1. The Morgan fingerprint density at radius 1 is 1.21 bits per heavy atom. The summed E-state index contributed by atoms with van der Waals surface area (Å²) in [5.41, 5.74) is 4.16. The van der Waals surface area contributed by atoms with Gasteiger partial charge in [-0.15, -0.1) is 0 Å². The van der Waals surface area contributed by atoms with E-state index in [1.807, 2.05) is 0 Å². The predicted octanol–water partition coefficient (Wildman–Crippen LogP) is 2.09. The van der Waals surface area contributed by atoms with Crippen molar-refractivity contribution in [1.29, 1.82) is 0 Å². The molecule has 1 aromatic heterocycles. The third kappa shape index (κ3) is 1.74. The van der Waals surface area contributed by atoms with Crippen molar-refractivity contribution < 1.29 is 0 Å². The maximum Gasteiger partial charge on any atom is 0.112 e. The van der Waals surface area contributed by atoms with E-state index in [0.29, 0.717) is 5.41 Å². The van der Waals surface area contributed by atoms with E-state index in [1.165, 1.54) is 44.7 Å². The second-order valence-electron chi connectivity index (χ2n) is 6.24. The van der Waals surface area contributed by atoms with E-state index in [1.54, 1.807) is 6.33 Å². The number of anilines is 1. The molecule has 3 heterocycles. The minimum absolute atomic E-state index is 0.616. The molecule has 4 rings (SSSR count). The Labute approximate surface area is 113 Å². The Balaban J connectivity index is 1.56. The van der Waals surface area contributed by atoms with Crippen molar-refractivity contribution >= 4 is 16.7 Å². The lowest BCUT2D eigenvalue weighted by atomic mass is 9.72. The Morgan fingerprint density at radius 2 is 2.00 bits per heavy atom. The van der Waals surface area contributed by atoms with Crippen LogP contribution in [-0.2, 0) is 0 Å². The largest absolute Gasteiger partial charge is 0.370 e. The highest BCUT2D eigenvalue weighted by Gasteiger charge is 2.43. The number of benzene rings is 1. The molecule has 19 heavy (non-hydrogen) atoms. The maximum atomic E-state index is 4.47. The van der Waals surface area contributed by atoms with Crippen LogP contribution >= 0.6 is 0 Å². The average molecular weight is 256 g/mol. The summed E-state index contributed by atoms with van der Waals surface area (Å²) in [4.78, 5) is 12.6. The molecule has 4 nitrogen and oxygen atoms in total. The van der Waals surface area contributed by atoms with Crippen molar-refractivity contribution in [3.63, 3.8) is 0 Å². The smallest absolute Gasteiger partial charge is 0.112 e. The van der Waals surface area contributed by atoms with Crippen molar-refractivity contribution in [2.45, 2.75) is 12.8 Å². The molecule has 0 saturated carbocycles. The fourth-order valence-corrected chi connectivity index (χ4v) is 3.84. The summed E-state index contributed by atoms with van der Waals surface area (Å²) in [6.07, 6.45) is 4.43. The van der Waals surface area contributed by atoms with Crippen LogP contribution < -0.4 is 4.90 Å². The summed E-state index contributed by atoms with van der Waals surface area (Å²) in [5, 5.41) is 0. The third-order valence-corrected chi connectivity index (χ3v) is 4.80. The number of nitrogens with zero attached hydrogens (tertiary/aromatic N) is 3. The van der Waals surface area contributed by atoms with Gasteiger partial charge in [-0.25, -0.2) is 4.98 Å². The minimum atomic E-state index is 0.616. The summed E-state index contributed by atoms with van der Waals surface area (Å²) in [6.45, 7) is 4.90. The monoisotopic (exact) mass is 256 g/mol. The van der Waals surface area contributed by atoms with E-state index in [-0.39, 0.29) is 0 Å².